The molecular weight excluding hydrogens is 897 g/mol. The molecule has 0 radical (unpaired) electrons. The number of carbonyl (C=O) groups excluding carboxylic acids is 1. The van der Waals surface area contributed by atoms with Gasteiger partial charge >= 0.3 is 0 Å². The van der Waals surface area contributed by atoms with Gasteiger partial charge in [0.15, 0.2) is 0 Å². The van der Waals surface area contributed by atoms with Crippen molar-refractivity contribution in [2.24, 2.45) is 11.3 Å². The van der Waals surface area contributed by atoms with E-state index in [9.17, 15) is 28.4 Å². The molecule has 5 heterocycles. The average Bonchev–Trinajstić information content (AvgIpc) is 3.78. The van der Waals surface area contributed by atoms with Crippen LogP contribution in [0.4, 0.5) is 17.1 Å². The van der Waals surface area contributed by atoms with E-state index in [1.54, 1.807) is 30.6 Å². The van der Waals surface area contributed by atoms with Crippen molar-refractivity contribution < 1.29 is 32.7 Å². The third-order valence-corrected chi connectivity index (χ3v) is 17.2. The van der Waals surface area contributed by atoms with Crippen molar-refractivity contribution in [1.82, 2.24) is 24.5 Å². The molecule has 4 N–H and O–H groups in total. The second kappa shape index (κ2) is 19.0. The first-order valence-electron chi connectivity index (χ1n) is 24.6. The van der Waals surface area contributed by atoms with E-state index in [1.807, 2.05) is 19.1 Å². The van der Waals surface area contributed by atoms with Crippen LogP contribution in [-0.2, 0) is 14.8 Å². The lowest BCUT2D eigenvalue weighted by Gasteiger charge is -2.59. The molecule has 5 fully saturated rings. The average molecular weight is 961 g/mol. The van der Waals surface area contributed by atoms with Crippen molar-refractivity contribution in [3.63, 3.8) is 0 Å². The maximum atomic E-state index is 14.1. The third kappa shape index (κ3) is 9.93. The molecule has 1 atom stereocenters. The van der Waals surface area contributed by atoms with Crippen molar-refractivity contribution in [3.8, 4) is 11.5 Å². The molecule has 10 rings (SSSR count). The largest absolute Gasteiger partial charge is 0.455 e. The van der Waals surface area contributed by atoms with Crippen LogP contribution >= 0.6 is 0 Å². The smallest absolute Gasteiger partial charge is 0.293 e. The molecule has 3 saturated heterocycles. The number of nitro groups is 1. The Hall–Kier alpha value is -5.59. The van der Waals surface area contributed by atoms with Crippen molar-refractivity contribution in [2.45, 2.75) is 107 Å². The Balaban J connectivity index is 0.836. The minimum absolute atomic E-state index is 0.0235. The molecule has 2 aromatic heterocycles. The van der Waals surface area contributed by atoms with Gasteiger partial charge in [-0.05, 0) is 123 Å². The number of aliphatic hydroxyl groups is 1. The van der Waals surface area contributed by atoms with Gasteiger partial charge in [0, 0.05) is 80.8 Å². The van der Waals surface area contributed by atoms with Crippen molar-refractivity contribution in [2.75, 3.05) is 62.7 Å². The summed E-state index contributed by atoms with van der Waals surface area (Å²) >= 11 is 0. The van der Waals surface area contributed by atoms with Crippen LogP contribution in [0.5, 0.6) is 11.5 Å². The predicted octanol–water partition coefficient (Wildman–Crippen LogP) is 8.37. The fourth-order valence-electron chi connectivity index (χ4n) is 11.5. The summed E-state index contributed by atoms with van der Waals surface area (Å²) in [7, 11) is -4.58. The lowest BCUT2D eigenvalue weighted by atomic mass is 9.59. The fourth-order valence-corrected chi connectivity index (χ4v) is 12.5. The molecule has 5 aromatic rings. The Kier molecular flexibility index (Phi) is 12.9. The highest BCUT2D eigenvalue weighted by atomic mass is 32.2. The number of amides is 1. The first-order chi connectivity index (χ1) is 33.1. The molecule has 0 bridgehead atoms. The van der Waals surface area contributed by atoms with E-state index < -0.39 is 37.0 Å². The maximum absolute atomic E-state index is 14.1. The number of H-pyrrole nitrogens is 1. The first kappa shape index (κ1) is 47.1. The molecule has 1 amide bonds. The topological polar surface area (TPSA) is 195 Å². The lowest BCUT2D eigenvalue weighted by Crippen LogP contribution is -2.62. The zero-order valence-electron chi connectivity index (χ0n) is 39.7. The molecule has 0 unspecified atom stereocenters. The number of hydrogen-bond acceptors (Lipinski definition) is 13. The van der Waals surface area contributed by atoms with Crippen LogP contribution in [0.2, 0.25) is 0 Å². The van der Waals surface area contributed by atoms with Crippen LogP contribution in [-0.4, -0.2) is 114 Å². The predicted molar refractivity (Wildman–Crippen MR) is 264 cm³/mol. The quantitative estimate of drug-likeness (QED) is 0.0613. The monoisotopic (exact) mass is 960 g/mol. The zero-order chi connectivity index (χ0) is 48.1. The van der Waals surface area contributed by atoms with Gasteiger partial charge in [0.1, 0.15) is 22.8 Å². The zero-order valence-corrected chi connectivity index (χ0v) is 40.5. The number of sulfonamides is 1. The van der Waals surface area contributed by atoms with E-state index in [2.05, 4.69) is 72.8 Å². The summed E-state index contributed by atoms with van der Waals surface area (Å²) in [6.45, 7) is 13.3. The van der Waals surface area contributed by atoms with E-state index in [4.69, 9.17) is 9.47 Å². The molecule has 17 heteroatoms. The maximum Gasteiger partial charge on any atom is 0.293 e. The number of carbonyl (C=O) groups is 1. The molecule has 3 aromatic carbocycles. The van der Waals surface area contributed by atoms with Crippen LogP contribution < -0.4 is 19.7 Å². The third-order valence-electron chi connectivity index (χ3n) is 15.8. The molecule has 366 valence electrons. The van der Waals surface area contributed by atoms with Gasteiger partial charge in [0.25, 0.3) is 21.6 Å². The first-order valence-corrected chi connectivity index (χ1v) is 26.1. The molecule has 16 nitrogen and oxygen atoms in total. The van der Waals surface area contributed by atoms with E-state index in [0.717, 1.165) is 102 Å². The van der Waals surface area contributed by atoms with Crippen molar-refractivity contribution in [3.05, 3.63) is 112 Å². The van der Waals surface area contributed by atoms with Crippen molar-refractivity contribution >= 4 is 44.0 Å². The number of rotatable bonds is 14. The Morgan fingerprint density at radius 1 is 0.986 bits per heavy atom. The number of piperidine rings is 1. The minimum atomic E-state index is -4.58. The van der Waals surface area contributed by atoms with Crippen LogP contribution in [0.1, 0.15) is 106 Å². The van der Waals surface area contributed by atoms with Crippen LogP contribution in [0.3, 0.4) is 0 Å². The number of nitro benzene ring substituents is 1. The highest BCUT2D eigenvalue weighted by molar-refractivity contribution is 7.90. The molecule has 3 aliphatic heterocycles. The van der Waals surface area contributed by atoms with Crippen LogP contribution in [0.25, 0.3) is 11.0 Å². The van der Waals surface area contributed by atoms with E-state index in [0.29, 0.717) is 54.8 Å². The van der Waals surface area contributed by atoms with Crippen LogP contribution in [0, 0.1) is 21.4 Å². The number of aromatic nitrogens is 2. The summed E-state index contributed by atoms with van der Waals surface area (Å²) in [5.41, 5.74) is 3.68. The molecule has 2 aliphatic carbocycles. The molecule has 69 heavy (non-hydrogen) atoms. The normalized spacial score (nSPS) is 23.7. The number of ether oxygens (including phenoxy) is 2. The Labute approximate surface area is 404 Å². The number of fused-ring (bicyclic) bond motifs is 1. The number of anilines is 2. The summed E-state index contributed by atoms with van der Waals surface area (Å²) in [4.78, 5) is 40.5. The van der Waals surface area contributed by atoms with E-state index in [1.165, 1.54) is 23.3 Å². The van der Waals surface area contributed by atoms with Gasteiger partial charge in [0.2, 0.25) is 0 Å². The van der Waals surface area contributed by atoms with Gasteiger partial charge in [-0.3, -0.25) is 24.7 Å². The highest BCUT2D eigenvalue weighted by Crippen LogP contribution is 2.53. The summed E-state index contributed by atoms with van der Waals surface area (Å²) < 4.78 is 41.8. The van der Waals surface area contributed by atoms with Crippen molar-refractivity contribution in [1.29, 1.82) is 0 Å². The highest BCUT2D eigenvalue weighted by Gasteiger charge is 2.50. The van der Waals surface area contributed by atoms with Gasteiger partial charge in [-0.25, -0.2) is 18.1 Å². The number of nitrogens with zero attached hydrogens (tertiary/aromatic N) is 5. The number of nitrogens with one attached hydrogen (secondary N) is 3. The molecular formula is C52H64N8O8S. The second-order valence-electron chi connectivity index (χ2n) is 20.8. The minimum Gasteiger partial charge on any atom is -0.455 e. The van der Waals surface area contributed by atoms with Gasteiger partial charge in [-0.15, -0.1) is 0 Å². The SMILES string of the molecule is CC(C)c1ccccc1[C@@H]1CN(C2COC2)CCN1C1CC2(CCN(c3ccc(C(=O)NS(=O)(=O)c4ccc(NC[C@H]5CC[C@](C)(O)CC5)c([N+](=O)[O-])c4)c(Oc4cnc5[nH]ccc5c4)c3)CC2)C1. The fraction of sp³-hybridized carbons (Fsp3) is 0.500. The Morgan fingerprint density at radius 3 is 2.48 bits per heavy atom. The summed E-state index contributed by atoms with van der Waals surface area (Å²) in [6, 6.07) is 22.8. The molecule has 5 aliphatic rings. The molecule has 1 spiro atoms. The Morgan fingerprint density at radius 2 is 1.75 bits per heavy atom. The summed E-state index contributed by atoms with van der Waals surface area (Å²) in [5.74, 6) is 0.216. The number of piperazine rings is 1. The van der Waals surface area contributed by atoms with E-state index in [-0.39, 0.29) is 28.3 Å². The number of pyridine rings is 1. The number of aromatic amines is 1. The van der Waals surface area contributed by atoms with Crippen LogP contribution in [0.15, 0.2) is 90.1 Å². The standard InChI is InChI=1S/C52H64N8O8S/c1-34(2)42-6-4-5-7-43(42)47-31-58(39-32-67-33-39)22-23-59(47)38-27-52(28-38)17-20-57(21-18-52)37-8-10-44(48(25-37)68-40-24-36-14-19-53-49(36)55-30-40)50(61)56-69(65,66)41-9-11-45(46(26-41)60(63)64)54-29-35-12-15-51(3,62)16-13-35/h4-11,14,19,24-26,30,34-35,38-39,47,54,62H,12-13,15-18,20-23,27-29,31-33H2,1-3H3,(H,53,55)(H,56,61)/t35-,47-,51-/m0/s1. The van der Waals surface area contributed by atoms with Gasteiger partial charge in [0.05, 0.1) is 46.4 Å². The van der Waals surface area contributed by atoms with Gasteiger partial charge in [-0.1, -0.05) is 38.1 Å². The number of hydrogen-bond donors (Lipinski definition) is 4. The van der Waals surface area contributed by atoms with E-state index >= 15 is 0 Å². The lowest BCUT2D eigenvalue weighted by molar-refractivity contribution is -0.384. The Bertz CT molecular complexity index is 2800. The number of benzene rings is 3. The summed E-state index contributed by atoms with van der Waals surface area (Å²) in [6.07, 6.45) is 10.5. The van der Waals surface area contributed by atoms with Gasteiger partial charge < -0.3 is 29.8 Å². The summed E-state index contributed by atoms with van der Waals surface area (Å²) in [5, 5.41) is 26.5. The van der Waals surface area contributed by atoms with Gasteiger partial charge in [-0.2, -0.15) is 0 Å². The molecule has 2 saturated carbocycles. The second-order valence-corrected chi connectivity index (χ2v) is 22.5.